The molecule has 1 fully saturated rings. The number of rotatable bonds is 6. The molecule has 0 aliphatic carbocycles. The average Bonchev–Trinajstić information content (AvgIpc) is 2.47. The smallest absolute Gasteiger partial charge is 0.240 e. The van der Waals surface area contributed by atoms with Crippen molar-refractivity contribution in [3.05, 3.63) is 24.3 Å². The second-order valence-electron chi connectivity index (χ2n) is 5.10. The fourth-order valence-electron chi connectivity index (χ4n) is 2.37. The third kappa shape index (κ3) is 4.19. The van der Waals surface area contributed by atoms with Gasteiger partial charge in [-0.15, -0.1) is 0 Å². The molecule has 0 atom stereocenters. The molecule has 5 nitrogen and oxygen atoms in total. The number of benzene rings is 1. The molecule has 0 saturated carbocycles. The van der Waals surface area contributed by atoms with Gasteiger partial charge in [0, 0.05) is 18.8 Å². The zero-order chi connectivity index (χ0) is 14.4. The minimum atomic E-state index is -3.35. The van der Waals surface area contributed by atoms with Crippen LogP contribution in [0.1, 0.15) is 19.8 Å². The summed E-state index contributed by atoms with van der Waals surface area (Å²) < 4.78 is 26.1. The van der Waals surface area contributed by atoms with Crippen LogP contribution in [0.25, 0.3) is 0 Å². The second-order valence-corrected chi connectivity index (χ2v) is 6.87. The van der Waals surface area contributed by atoms with E-state index < -0.39 is 10.0 Å². The van der Waals surface area contributed by atoms with E-state index in [2.05, 4.69) is 15.4 Å². The van der Waals surface area contributed by atoms with Crippen molar-refractivity contribution in [3.8, 4) is 0 Å². The maximum Gasteiger partial charge on any atom is 0.240 e. The van der Waals surface area contributed by atoms with E-state index in [-0.39, 0.29) is 0 Å². The molecular weight excluding hydrogens is 274 g/mol. The molecule has 1 aromatic carbocycles. The third-order valence-electron chi connectivity index (χ3n) is 3.55. The molecule has 0 amide bonds. The van der Waals surface area contributed by atoms with Gasteiger partial charge in [0.1, 0.15) is 0 Å². The first-order chi connectivity index (χ1) is 9.62. The van der Waals surface area contributed by atoms with Gasteiger partial charge in [-0.1, -0.05) is 6.92 Å². The normalized spacial score (nSPS) is 17.1. The fourth-order valence-corrected chi connectivity index (χ4v) is 3.41. The Balaban J connectivity index is 1.91. The van der Waals surface area contributed by atoms with Crippen LogP contribution in [0.4, 0.5) is 5.69 Å². The van der Waals surface area contributed by atoms with Crippen molar-refractivity contribution < 1.29 is 8.42 Å². The lowest BCUT2D eigenvalue weighted by Crippen LogP contribution is -2.31. The molecule has 1 aliphatic heterocycles. The number of nitrogens with one attached hydrogen (secondary N) is 3. The topological polar surface area (TPSA) is 70.2 Å². The maximum atomic E-state index is 11.8. The van der Waals surface area contributed by atoms with Crippen LogP contribution in [0.5, 0.6) is 0 Å². The molecule has 1 aliphatic rings. The monoisotopic (exact) mass is 297 g/mol. The van der Waals surface area contributed by atoms with Crippen LogP contribution in [0.3, 0.4) is 0 Å². The lowest BCUT2D eigenvalue weighted by atomic mass is 9.98. The van der Waals surface area contributed by atoms with Gasteiger partial charge in [0.25, 0.3) is 0 Å². The quantitative estimate of drug-likeness (QED) is 0.742. The highest BCUT2D eigenvalue weighted by molar-refractivity contribution is 7.89. The SMILES string of the molecule is CCNS(=O)(=O)c1ccc(NCC2CCNCC2)cc1. The highest BCUT2D eigenvalue weighted by Gasteiger charge is 2.14. The number of sulfonamides is 1. The summed E-state index contributed by atoms with van der Waals surface area (Å²) in [4.78, 5) is 0.312. The van der Waals surface area contributed by atoms with E-state index in [0.29, 0.717) is 17.4 Å². The Morgan fingerprint density at radius 1 is 1.20 bits per heavy atom. The van der Waals surface area contributed by atoms with Crippen molar-refractivity contribution in [2.24, 2.45) is 5.92 Å². The van der Waals surface area contributed by atoms with E-state index in [1.807, 2.05) is 12.1 Å². The summed E-state index contributed by atoms with van der Waals surface area (Å²) in [5.74, 6) is 0.696. The molecule has 6 heteroatoms. The van der Waals surface area contributed by atoms with E-state index in [1.165, 1.54) is 12.8 Å². The van der Waals surface area contributed by atoms with E-state index in [4.69, 9.17) is 0 Å². The molecule has 0 aromatic heterocycles. The van der Waals surface area contributed by atoms with Crippen LogP contribution in [-0.4, -0.2) is 34.6 Å². The number of anilines is 1. The molecule has 2 rings (SSSR count). The van der Waals surface area contributed by atoms with Gasteiger partial charge in [-0.25, -0.2) is 13.1 Å². The van der Waals surface area contributed by atoms with Crippen molar-refractivity contribution in [1.82, 2.24) is 10.0 Å². The maximum absolute atomic E-state index is 11.8. The van der Waals surface area contributed by atoms with E-state index in [9.17, 15) is 8.42 Å². The van der Waals surface area contributed by atoms with Crippen molar-refractivity contribution >= 4 is 15.7 Å². The summed E-state index contributed by atoms with van der Waals surface area (Å²) in [5, 5.41) is 6.73. The molecule has 1 heterocycles. The Morgan fingerprint density at radius 2 is 1.85 bits per heavy atom. The molecule has 112 valence electrons. The first-order valence-electron chi connectivity index (χ1n) is 7.16. The Bertz CT molecular complexity index is 508. The zero-order valence-electron chi connectivity index (χ0n) is 11.9. The Hall–Kier alpha value is -1.11. The molecule has 0 bridgehead atoms. The average molecular weight is 297 g/mol. The van der Waals surface area contributed by atoms with Gasteiger partial charge in [-0.2, -0.15) is 0 Å². The molecule has 1 aromatic rings. The predicted octanol–water partition coefficient (Wildman–Crippen LogP) is 1.40. The lowest BCUT2D eigenvalue weighted by Gasteiger charge is -2.23. The summed E-state index contributed by atoms with van der Waals surface area (Å²) >= 11 is 0. The zero-order valence-corrected chi connectivity index (χ0v) is 12.7. The highest BCUT2D eigenvalue weighted by Crippen LogP contribution is 2.16. The number of hydrogen-bond donors (Lipinski definition) is 3. The first kappa shape index (κ1) is 15.3. The van der Waals surface area contributed by atoms with Gasteiger partial charge in [0.2, 0.25) is 10.0 Å². The van der Waals surface area contributed by atoms with Crippen molar-refractivity contribution in [2.75, 3.05) is 31.5 Å². The summed E-state index contributed by atoms with van der Waals surface area (Å²) in [5.41, 5.74) is 0.971. The molecule has 3 N–H and O–H groups in total. The van der Waals surface area contributed by atoms with E-state index in [0.717, 1.165) is 25.3 Å². The first-order valence-corrected chi connectivity index (χ1v) is 8.64. The molecule has 0 radical (unpaired) electrons. The predicted molar refractivity (Wildman–Crippen MR) is 81.4 cm³/mol. The van der Waals surface area contributed by atoms with E-state index >= 15 is 0 Å². The van der Waals surface area contributed by atoms with Gasteiger partial charge in [0.15, 0.2) is 0 Å². The van der Waals surface area contributed by atoms with Crippen molar-refractivity contribution in [1.29, 1.82) is 0 Å². The molecule has 20 heavy (non-hydrogen) atoms. The minimum absolute atomic E-state index is 0.312. The summed E-state index contributed by atoms with van der Waals surface area (Å²) in [7, 11) is -3.35. The highest BCUT2D eigenvalue weighted by atomic mass is 32.2. The van der Waals surface area contributed by atoms with E-state index in [1.54, 1.807) is 19.1 Å². The number of piperidine rings is 1. The van der Waals surface area contributed by atoms with Crippen LogP contribution >= 0.6 is 0 Å². The van der Waals surface area contributed by atoms with Crippen LogP contribution in [-0.2, 0) is 10.0 Å². The summed E-state index contributed by atoms with van der Waals surface area (Å²) in [6.07, 6.45) is 2.39. The Kier molecular flexibility index (Phi) is 5.39. The second kappa shape index (κ2) is 7.06. The Labute approximate surface area is 121 Å². The van der Waals surface area contributed by atoms with Crippen LogP contribution in [0.15, 0.2) is 29.2 Å². The van der Waals surface area contributed by atoms with Crippen molar-refractivity contribution in [3.63, 3.8) is 0 Å². The fraction of sp³-hybridized carbons (Fsp3) is 0.571. The molecule has 1 saturated heterocycles. The van der Waals surface area contributed by atoms with Gasteiger partial charge in [0.05, 0.1) is 4.90 Å². The third-order valence-corrected chi connectivity index (χ3v) is 5.11. The molecule has 0 spiro atoms. The van der Waals surface area contributed by atoms with Crippen molar-refractivity contribution in [2.45, 2.75) is 24.7 Å². The van der Waals surface area contributed by atoms with Crippen LogP contribution < -0.4 is 15.4 Å². The van der Waals surface area contributed by atoms with Gasteiger partial charge >= 0.3 is 0 Å². The number of hydrogen-bond acceptors (Lipinski definition) is 4. The van der Waals surface area contributed by atoms with Crippen LogP contribution in [0.2, 0.25) is 0 Å². The standard InChI is InChI=1S/C14H23N3O2S/c1-2-17-20(18,19)14-5-3-13(4-6-14)16-11-12-7-9-15-10-8-12/h3-6,12,15-17H,2,7-11H2,1H3. The summed E-state index contributed by atoms with van der Waals surface area (Å²) in [6.45, 7) is 5.30. The van der Waals surface area contributed by atoms with Gasteiger partial charge < -0.3 is 10.6 Å². The summed E-state index contributed by atoms with van der Waals surface area (Å²) in [6, 6.07) is 6.93. The largest absolute Gasteiger partial charge is 0.385 e. The van der Waals surface area contributed by atoms with Gasteiger partial charge in [-0.05, 0) is 56.1 Å². The Morgan fingerprint density at radius 3 is 2.45 bits per heavy atom. The minimum Gasteiger partial charge on any atom is -0.385 e. The molecular formula is C14H23N3O2S. The van der Waals surface area contributed by atoms with Gasteiger partial charge in [-0.3, -0.25) is 0 Å². The van der Waals surface area contributed by atoms with Crippen LogP contribution in [0, 0.1) is 5.92 Å². The molecule has 0 unspecified atom stereocenters. The lowest BCUT2D eigenvalue weighted by molar-refractivity contribution is 0.390.